The zero-order chi connectivity index (χ0) is 28.8. The summed E-state index contributed by atoms with van der Waals surface area (Å²) in [5.41, 5.74) is 3.70. The summed E-state index contributed by atoms with van der Waals surface area (Å²) in [5.74, 6) is -2.65. The van der Waals surface area contributed by atoms with Gasteiger partial charge in [-0.2, -0.15) is 0 Å². The number of methoxy groups -OCH3 is 1. The van der Waals surface area contributed by atoms with E-state index in [-0.39, 0.29) is 5.91 Å². The highest BCUT2D eigenvalue weighted by Gasteiger charge is 2.65. The van der Waals surface area contributed by atoms with Crippen LogP contribution in [0.3, 0.4) is 0 Å². The fourth-order valence-electron chi connectivity index (χ4n) is 6.61. The first kappa shape index (κ1) is 25.8. The van der Waals surface area contributed by atoms with Gasteiger partial charge < -0.3 is 14.4 Å². The Kier molecular flexibility index (Phi) is 6.35. The molecule has 4 aromatic carbocycles. The fraction of sp³-hybridized carbons (Fsp3) is 0.171. The van der Waals surface area contributed by atoms with Crippen LogP contribution in [0.5, 0.6) is 5.75 Å². The predicted molar refractivity (Wildman–Crippen MR) is 159 cm³/mol. The molecule has 3 heterocycles. The third-order valence-electron chi connectivity index (χ3n) is 8.42. The molecule has 0 unspecified atom stereocenters. The molecule has 4 aromatic rings. The molecule has 208 valence electrons. The number of carbonyl (C=O) groups is 3. The van der Waals surface area contributed by atoms with Crippen LogP contribution in [0.2, 0.25) is 0 Å². The highest BCUT2D eigenvalue weighted by Crippen LogP contribution is 2.50. The molecular weight excluding hydrogens is 528 g/mol. The van der Waals surface area contributed by atoms with Crippen LogP contribution in [0.15, 0.2) is 115 Å². The van der Waals surface area contributed by atoms with Crippen LogP contribution in [0, 0.1) is 11.8 Å². The van der Waals surface area contributed by atoms with Crippen molar-refractivity contribution < 1.29 is 23.9 Å². The van der Waals surface area contributed by atoms with Gasteiger partial charge in [-0.3, -0.25) is 9.59 Å². The number of imide groups is 1. The summed E-state index contributed by atoms with van der Waals surface area (Å²) in [4.78, 5) is 45.9. The molecule has 0 aromatic heterocycles. The number of ether oxygens (including phenoxy) is 2. The molecule has 0 spiro atoms. The van der Waals surface area contributed by atoms with Crippen molar-refractivity contribution in [2.75, 3.05) is 16.9 Å². The SMILES string of the molecule is COc1ccccc1N1C(=O)[C@@H]2[C@H](C1=O)[C@@H](C(=O)OC(c1ccccc1)c1ccccc1)N1c3ccccc3C=C[C@@H]21. The molecule has 0 radical (unpaired) electrons. The van der Waals surface area contributed by atoms with Crippen molar-refractivity contribution in [1.29, 1.82) is 0 Å². The monoisotopic (exact) mass is 556 g/mol. The molecule has 2 amide bonds. The van der Waals surface area contributed by atoms with Gasteiger partial charge in [0.2, 0.25) is 11.8 Å². The minimum absolute atomic E-state index is 0.355. The number of benzene rings is 4. The van der Waals surface area contributed by atoms with E-state index in [1.54, 1.807) is 24.3 Å². The molecule has 7 heteroatoms. The topological polar surface area (TPSA) is 76.1 Å². The van der Waals surface area contributed by atoms with E-state index in [2.05, 4.69) is 0 Å². The van der Waals surface area contributed by atoms with Gasteiger partial charge in [-0.15, -0.1) is 0 Å². The van der Waals surface area contributed by atoms with Crippen LogP contribution < -0.4 is 14.5 Å². The number of rotatable bonds is 6. The summed E-state index contributed by atoms with van der Waals surface area (Å²) >= 11 is 0. The van der Waals surface area contributed by atoms with Crippen molar-refractivity contribution in [2.24, 2.45) is 11.8 Å². The number of hydrogen-bond acceptors (Lipinski definition) is 6. The van der Waals surface area contributed by atoms with Crippen molar-refractivity contribution in [2.45, 2.75) is 18.2 Å². The first-order valence-corrected chi connectivity index (χ1v) is 14.0. The van der Waals surface area contributed by atoms with Crippen molar-refractivity contribution in [3.8, 4) is 5.75 Å². The number of amides is 2. The van der Waals surface area contributed by atoms with Gasteiger partial charge >= 0.3 is 5.97 Å². The minimum atomic E-state index is -1.02. The van der Waals surface area contributed by atoms with Gasteiger partial charge in [0.1, 0.15) is 11.8 Å². The Morgan fingerprint density at radius 3 is 1.95 bits per heavy atom. The number of nitrogens with zero attached hydrogens (tertiary/aromatic N) is 2. The molecule has 4 atom stereocenters. The molecule has 3 aliphatic rings. The molecule has 2 fully saturated rings. The fourth-order valence-corrected chi connectivity index (χ4v) is 6.61. The maximum absolute atomic E-state index is 14.4. The van der Waals surface area contributed by atoms with E-state index in [0.717, 1.165) is 22.4 Å². The van der Waals surface area contributed by atoms with E-state index in [1.165, 1.54) is 12.0 Å². The summed E-state index contributed by atoms with van der Waals surface area (Å²) in [6.07, 6.45) is 3.20. The highest BCUT2D eigenvalue weighted by molar-refractivity contribution is 6.25. The Morgan fingerprint density at radius 1 is 0.714 bits per heavy atom. The number of anilines is 2. The lowest BCUT2D eigenvalue weighted by molar-refractivity contribution is -0.151. The van der Waals surface area contributed by atoms with Gasteiger partial charge in [0.15, 0.2) is 6.10 Å². The molecule has 2 saturated heterocycles. The molecule has 7 rings (SSSR count). The number of fused-ring (bicyclic) bond motifs is 5. The zero-order valence-corrected chi connectivity index (χ0v) is 22.9. The van der Waals surface area contributed by atoms with Crippen LogP contribution in [-0.4, -0.2) is 37.0 Å². The Balaban J connectivity index is 1.33. The summed E-state index contributed by atoms with van der Waals surface area (Å²) in [6, 6.07) is 32.2. The zero-order valence-electron chi connectivity index (χ0n) is 22.9. The predicted octanol–water partition coefficient (Wildman–Crippen LogP) is 5.42. The average molecular weight is 557 g/mol. The van der Waals surface area contributed by atoms with Crippen molar-refractivity contribution in [3.63, 3.8) is 0 Å². The lowest BCUT2D eigenvalue weighted by Crippen LogP contribution is -2.49. The van der Waals surface area contributed by atoms with Crippen molar-refractivity contribution in [1.82, 2.24) is 0 Å². The molecule has 0 saturated carbocycles. The van der Waals surface area contributed by atoms with Crippen LogP contribution in [0.1, 0.15) is 22.8 Å². The second-order valence-electron chi connectivity index (χ2n) is 10.6. The normalized spacial score (nSPS) is 22.1. The van der Waals surface area contributed by atoms with Gasteiger partial charge in [-0.25, -0.2) is 9.69 Å². The van der Waals surface area contributed by atoms with Crippen LogP contribution >= 0.6 is 0 Å². The molecule has 42 heavy (non-hydrogen) atoms. The summed E-state index contributed by atoms with van der Waals surface area (Å²) in [6.45, 7) is 0. The Labute approximate surface area is 243 Å². The lowest BCUT2D eigenvalue weighted by Gasteiger charge is -2.36. The van der Waals surface area contributed by atoms with Gasteiger partial charge in [0, 0.05) is 5.69 Å². The smallest absolute Gasteiger partial charge is 0.330 e. The third-order valence-corrected chi connectivity index (χ3v) is 8.42. The van der Waals surface area contributed by atoms with E-state index in [1.807, 2.05) is 102 Å². The molecule has 0 bridgehead atoms. The maximum Gasteiger partial charge on any atom is 0.330 e. The largest absolute Gasteiger partial charge is 0.495 e. The number of esters is 1. The van der Waals surface area contributed by atoms with E-state index >= 15 is 0 Å². The lowest BCUT2D eigenvalue weighted by atomic mass is 9.88. The minimum Gasteiger partial charge on any atom is -0.495 e. The Bertz CT molecular complexity index is 1660. The number of hydrogen-bond donors (Lipinski definition) is 0. The molecule has 0 N–H and O–H groups in total. The quantitative estimate of drug-likeness (QED) is 0.233. The van der Waals surface area contributed by atoms with Crippen LogP contribution in [0.25, 0.3) is 6.08 Å². The standard InChI is InChI=1S/C35H28N2O5/c1-41-28-19-11-10-18-26(28)37-33(38)29-27-21-20-22-12-8-9-17-25(22)36(27)31(30(29)34(37)39)35(40)42-32(23-13-4-2-5-14-23)24-15-6-3-7-16-24/h2-21,27,29-32H,1H3/t27-,29-,30-,31-/m0/s1. The van der Waals surface area contributed by atoms with E-state index in [4.69, 9.17) is 9.47 Å². The van der Waals surface area contributed by atoms with E-state index in [9.17, 15) is 14.4 Å². The van der Waals surface area contributed by atoms with Gasteiger partial charge in [0.25, 0.3) is 0 Å². The molecule has 0 aliphatic carbocycles. The highest BCUT2D eigenvalue weighted by atomic mass is 16.5. The van der Waals surface area contributed by atoms with Crippen molar-refractivity contribution in [3.05, 3.63) is 132 Å². The van der Waals surface area contributed by atoms with E-state index < -0.39 is 41.9 Å². The second kappa shape index (κ2) is 10.3. The number of carbonyl (C=O) groups excluding carboxylic acids is 3. The maximum atomic E-state index is 14.4. The Morgan fingerprint density at radius 2 is 1.29 bits per heavy atom. The average Bonchev–Trinajstić information content (AvgIpc) is 3.52. The molecule has 3 aliphatic heterocycles. The summed E-state index contributed by atoms with van der Waals surface area (Å²) < 4.78 is 11.8. The second-order valence-corrected chi connectivity index (χ2v) is 10.6. The van der Waals surface area contributed by atoms with Crippen LogP contribution in [-0.2, 0) is 19.1 Å². The summed E-state index contributed by atoms with van der Waals surface area (Å²) in [5, 5.41) is 0. The van der Waals surface area contributed by atoms with Gasteiger partial charge in [0.05, 0.1) is 30.7 Å². The number of para-hydroxylation sites is 3. The first-order chi connectivity index (χ1) is 20.6. The summed E-state index contributed by atoms with van der Waals surface area (Å²) in [7, 11) is 1.50. The molecular formula is C35H28N2O5. The molecule has 7 nitrogen and oxygen atoms in total. The van der Waals surface area contributed by atoms with Crippen molar-refractivity contribution >= 4 is 35.2 Å². The van der Waals surface area contributed by atoms with Crippen LogP contribution in [0.4, 0.5) is 11.4 Å². The first-order valence-electron chi connectivity index (χ1n) is 14.0. The van der Waals surface area contributed by atoms with Gasteiger partial charge in [-0.1, -0.05) is 103 Å². The van der Waals surface area contributed by atoms with E-state index in [0.29, 0.717) is 11.4 Å². The third kappa shape index (κ3) is 4.00. The van der Waals surface area contributed by atoms with Gasteiger partial charge in [-0.05, 0) is 34.9 Å². The Hall–Kier alpha value is -5.17.